The van der Waals surface area contributed by atoms with Crippen LogP contribution in [0.2, 0.25) is 0 Å². The average Bonchev–Trinajstić information content (AvgIpc) is 2.73. The molecule has 1 aliphatic heterocycles. The summed E-state index contributed by atoms with van der Waals surface area (Å²) < 4.78 is 0. The van der Waals surface area contributed by atoms with Gasteiger partial charge in [-0.1, -0.05) is 44.7 Å². The maximum Gasteiger partial charge on any atom is 0.280 e. The number of amides is 3. The van der Waals surface area contributed by atoms with Gasteiger partial charge in [0.15, 0.2) is 0 Å². The number of imide groups is 1. The number of hydrogen-bond donors (Lipinski definition) is 1. The van der Waals surface area contributed by atoms with Crippen LogP contribution in [0.15, 0.2) is 24.3 Å². The van der Waals surface area contributed by atoms with Gasteiger partial charge < -0.3 is 0 Å². The molecule has 5 heteroatoms. The first-order chi connectivity index (χ1) is 10.1. The number of carbonyl (C=O) groups excluding carboxylic acids is 3. The fourth-order valence-corrected chi connectivity index (χ4v) is 2.36. The topological polar surface area (TPSA) is 66.5 Å². The van der Waals surface area contributed by atoms with Gasteiger partial charge in [-0.05, 0) is 18.6 Å². The summed E-state index contributed by atoms with van der Waals surface area (Å²) in [6.45, 7) is 2.13. The number of carbonyl (C=O) groups is 3. The highest BCUT2D eigenvalue weighted by Gasteiger charge is 2.36. The molecule has 1 N–H and O–H groups in total. The van der Waals surface area contributed by atoms with Crippen LogP contribution >= 0.6 is 0 Å². The quantitative estimate of drug-likeness (QED) is 0.619. The molecule has 0 fully saturated rings. The van der Waals surface area contributed by atoms with E-state index in [9.17, 15) is 14.4 Å². The van der Waals surface area contributed by atoms with Crippen LogP contribution in [0.5, 0.6) is 0 Å². The Balaban J connectivity index is 1.86. The normalized spacial score (nSPS) is 13.5. The van der Waals surface area contributed by atoms with Crippen LogP contribution in [-0.4, -0.2) is 22.7 Å². The van der Waals surface area contributed by atoms with Crippen molar-refractivity contribution in [1.82, 2.24) is 10.4 Å². The van der Waals surface area contributed by atoms with Gasteiger partial charge in [-0.25, -0.2) is 0 Å². The van der Waals surface area contributed by atoms with Crippen molar-refractivity contribution in [1.29, 1.82) is 0 Å². The monoisotopic (exact) mass is 288 g/mol. The van der Waals surface area contributed by atoms with E-state index in [2.05, 4.69) is 12.3 Å². The van der Waals surface area contributed by atoms with Gasteiger partial charge in [0.1, 0.15) is 0 Å². The zero-order valence-electron chi connectivity index (χ0n) is 12.2. The van der Waals surface area contributed by atoms with Gasteiger partial charge >= 0.3 is 0 Å². The summed E-state index contributed by atoms with van der Waals surface area (Å²) in [6.07, 6.45) is 5.52. The van der Waals surface area contributed by atoms with Crippen molar-refractivity contribution < 1.29 is 14.4 Å². The molecule has 21 heavy (non-hydrogen) atoms. The molecule has 0 spiro atoms. The highest BCUT2D eigenvalue weighted by molar-refractivity contribution is 6.21. The van der Waals surface area contributed by atoms with Crippen LogP contribution in [-0.2, 0) is 4.79 Å². The van der Waals surface area contributed by atoms with E-state index in [4.69, 9.17) is 0 Å². The molecule has 1 aromatic rings. The first-order valence-corrected chi connectivity index (χ1v) is 7.42. The molecule has 0 saturated heterocycles. The van der Waals surface area contributed by atoms with Gasteiger partial charge in [0.05, 0.1) is 11.1 Å². The van der Waals surface area contributed by atoms with Gasteiger partial charge in [0.2, 0.25) is 5.91 Å². The van der Waals surface area contributed by atoms with Gasteiger partial charge in [0.25, 0.3) is 11.8 Å². The highest BCUT2D eigenvalue weighted by atomic mass is 16.2. The van der Waals surface area contributed by atoms with Crippen LogP contribution in [0.3, 0.4) is 0 Å². The third-order valence-corrected chi connectivity index (χ3v) is 3.54. The third-order valence-electron chi connectivity index (χ3n) is 3.54. The Morgan fingerprint density at radius 2 is 1.57 bits per heavy atom. The van der Waals surface area contributed by atoms with Crippen molar-refractivity contribution in [3.63, 3.8) is 0 Å². The Labute approximate surface area is 124 Å². The van der Waals surface area contributed by atoms with Gasteiger partial charge in [0, 0.05) is 6.42 Å². The number of nitrogens with one attached hydrogen (secondary N) is 1. The standard InChI is InChI=1S/C16H20N2O3/c1-2-3-4-5-6-11-14(19)17-18-15(20)12-9-7-8-10-13(12)16(18)21/h7-10H,2-6,11H2,1H3,(H,17,19). The summed E-state index contributed by atoms with van der Waals surface area (Å²) in [5.74, 6) is -1.22. The highest BCUT2D eigenvalue weighted by Crippen LogP contribution is 2.20. The van der Waals surface area contributed by atoms with Crippen LogP contribution < -0.4 is 5.43 Å². The molecule has 0 aliphatic carbocycles. The van der Waals surface area contributed by atoms with E-state index < -0.39 is 11.8 Å². The van der Waals surface area contributed by atoms with Crippen molar-refractivity contribution >= 4 is 17.7 Å². The Hall–Kier alpha value is -2.17. The maximum absolute atomic E-state index is 12.0. The fourth-order valence-electron chi connectivity index (χ4n) is 2.36. The predicted molar refractivity (Wildman–Crippen MR) is 78.5 cm³/mol. The zero-order valence-corrected chi connectivity index (χ0v) is 12.2. The Morgan fingerprint density at radius 1 is 1.00 bits per heavy atom. The van der Waals surface area contributed by atoms with Gasteiger partial charge in [-0.3, -0.25) is 19.8 Å². The van der Waals surface area contributed by atoms with Crippen molar-refractivity contribution in [3.05, 3.63) is 35.4 Å². The molecule has 1 aliphatic rings. The van der Waals surface area contributed by atoms with E-state index in [0.29, 0.717) is 17.5 Å². The molecule has 0 unspecified atom stereocenters. The van der Waals surface area contributed by atoms with Crippen LogP contribution in [0.25, 0.3) is 0 Å². The van der Waals surface area contributed by atoms with Crippen LogP contribution in [0.1, 0.15) is 66.2 Å². The first kappa shape index (κ1) is 15.2. The van der Waals surface area contributed by atoms with Crippen molar-refractivity contribution in [3.8, 4) is 0 Å². The smallest absolute Gasteiger partial charge is 0.273 e. The molecule has 0 atom stereocenters. The summed E-state index contributed by atoms with van der Waals surface area (Å²) in [5.41, 5.74) is 3.09. The molecule has 5 nitrogen and oxygen atoms in total. The summed E-state index contributed by atoms with van der Waals surface area (Å²) in [7, 11) is 0. The molecule has 0 bridgehead atoms. The summed E-state index contributed by atoms with van der Waals surface area (Å²) >= 11 is 0. The van der Waals surface area contributed by atoms with Gasteiger partial charge in [-0.2, -0.15) is 5.01 Å². The lowest BCUT2D eigenvalue weighted by Crippen LogP contribution is -2.45. The van der Waals surface area contributed by atoms with E-state index in [1.807, 2.05) is 0 Å². The van der Waals surface area contributed by atoms with Crippen molar-refractivity contribution in [2.24, 2.45) is 0 Å². The Kier molecular flexibility index (Phi) is 5.09. The Morgan fingerprint density at radius 3 is 2.14 bits per heavy atom. The minimum atomic E-state index is -0.463. The number of rotatable bonds is 7. The Bertz CT molecular complexity index is 519. The van der Waals surface area contributed by atoms with E-state index in [0.717, 1.165) is 30.7 Å². The molecule has 0 saturated carbocycles. The lowest BCUT2D eigenvalue weighted by Gasteiger charge is -2.14. The van der Waals surface area contributed by atoms with Crippen molar-refractivity contribution in [2.75, 3.05) is 0 Å². The molecular weight excluding hydrogens is 268 g/mol. The van der Waals surface area contributed by atoms with E-state index in [1.165, 1.54) is 6.42 Å². The van der Waals surface area contributed by atoms with Crippen LogP contribution in [0, 0.1) is 0 Å². The lowest BCUT2D eigenvalue weighted by atomic mass is 10.1. The number of benzene rings is 1. The molecule has 1 aromatic carbocycles. The minimum absolute atomic E-state index is 0.291. The fraction of sp³-hybridized carbons (Fsp3) is 0.438. The number of hydrogen-bond acceptors (Lipinski definition) is 3. The van der Waals surface area contributed by atoms with Crippen molar-refractivity contribution in [2.45, 2.75) is 45.4 Å². The third kappa shape index (κ3) is 3.48. The number of unbranched alkanes of at least 4 members (excludes halogenated alkanes) is 4. The largest absolute Gasteiger partial charge is 0.280 e. The lowest BCUT2D eigenvalue weighted by molar-refractivity contribution is -0.124. The summed E-state index contributed by atoms with van der Waals surface area (Å²) in [6, 6.07) is 6.57. The summed E-state index contributed by atoms with van der Waals surface area (Å²) in [5, 5.41) is 0.818. The van der Waals surface area contributed by atoms with Crippen LogP contribution in [0.4, 0.5) is 0 Å². The SMILES string of the molecule is CCCCCCCC(=O)NN1C(=O)c2ccccc2C1=O. The minimum Gasteiger partial charge on any atom is -0.273 e. The zero-order chi connectivity index (χ0) is 15.2. The number of fused-ring (bicyclic) bond motifs is 1. The van der Waals surface area contributed by atoms with E-state index in [1.54, 1.807) is 24.3 Å². The van der Waals surface area contributed by atoms with E-state index in [-0.39, 0.29) is 5.91 Å². The second-order valence-corrected chi connectivity index (χ2v) is 5.19. The molecule has 2 rings (SSSR count). The molecule has 0 aromatic heterocycles. The second kappa shape index (κ2) is 7.02. The summed E-state index contributed by atoms with van der Waals surface area (Å²) in [4.78, 5) is 35.9. The maximum atomic E-state index is 12.0. The number of hydrazine groups is 1. The molecule has 3 amide bonds. The number of nitrogens with zero attached hydrogens (tertiary/aromatic N) is 1. The second-order valence-electron chi connectivity index (χ2n) is 5.19. The van der Waals surface area contributed by atoms with E-state index >= 15 is 0 Å². The predicted octanol–water partition coefficient (Wildman–Crippen LogP) is 2.67. The first-order valence-electron chi connectivity index (χ1n) is 7.42. The van der Waals surface area contributed by atoms with Gasteiger partial charge in [-0.15, -0.1) is 0 Å². The molecule has 1 heterocycles. The molecule has 112 valence electrons. The molecule has 0 radical (unpaired) electrons. The average molecular weight is 288 g/mol. The molecular formula is C16H20N2O3.